The number of nitrogens with one attached hydrogen (secondary N) is 1. The van der Waals surface area contributed by atoms with Crippen LogP contribution in [0.1, 0.15) is 68.4 Å². The number of Topliss-reactive ketones (excluding diaryl/α,β-unsaturated/α-hetero) is 1. The number of ether oxygens (including phenoxy) is 2. The van der Waals surface area contributed by atoms with Gasteiger partial charge in [0.25, 0.3) is 0 Å². The molecule has 0 bridgehead atoms. The molecule has 1 fully saturated rings. The number of allylic oxidation sites excluding steroid dienone is 3. The number of ketones is 1. The van der Waals surface area contributed by atoms with Crippen LogP contribution in [0.2, 0.25) is 0 Å². The third-order valence-corrected chi connectivity index (χ3v) is 7.25. The molecule has 176 valence electrons. The highest BCUT2D eigenvalue weighted by Crippen LogP contribution is 2.46. The molecule has 5 rings (SSSR count). The Balaban J connectivity index is 1.50. The zero-order valence-electron chi connectivity index (χ0n) is 19.7. The van der Waals surface area contributed by atoms with E-state index in [-0.39, 0.29) is 23.8 Å². The number of carbonyl (C=O) groups excluding carboxylic acids is 2. The Morgan fingerprint density at radius 2 is 1.71 bits per heavy atom. The first-order valence-corrected chi connectivity index (χ1v) is 12.0. The van der Waals surface area contributed by atoms with Gasteiger partial charge in [0.1, 0.15) is 11.9 Å². The maximum atomic E-state index is 13.6. The molecule has 1 aliphatic heterocycles. The average molecular weight is 459 g/mol. The van der Waals surface area contributed by atoms with E-state index in [1.807, 2.05) is 43.3 Å². The van der Waals surface area contributed by atoms with Crippen LogP contribution in [0.5, 0.6) is 5.75 Å². The van der Waals surface area contributed by atoms with Crippen LogP contribution < -0.4 is 10.1 Å². The van der Waals surface area contributed by atoms with Crippen LogP contribution in [0.25, 0.3) is 0 Å². The lowest BCUT2D eigenvalue weighted by molar-refractivity contribution is -0.144. The first kappa shape index (κ1) is 22.4. The number of carbonyl (C=O) groups is 2. The first-order valence-electron chi connectivity index (χ1n) is 12.0. The normalized spacial score (nSPS) is 22.9. The van der Waals surface area contributed by atoms with Crippen LogP contribution in [-0.4, -0.2) is 30.0 Å². The molecule has 1 N–H and O–H groups in total. The summed E-state index contributed by atoms with van der Waals surface area (Å²) in [7, 11) is 1.64. The van der Waals surface area contributed by atoms with Gasteiger partial charge in [-0.25, -0.2) is 4.79 Å². The molecule has 1 aromatic heterocycles. The Kier molecular flexibility index (Phi) is 6.22. The summed E-state index contributed by atoms with van der Waals surface area (Å²) in [6, 6.07) is 11.7. The van der Waals surface area contributed by atoms with Crippen molar-refractivity contribution < 1.29 is 19.1 Å². The molecular formula is C28H30N2O4. The Labute approximate surface area is 200 Å². The zero-order valence-corrected chi connectivity index (χ0v) is 19.7. The highest BCUT2D eigenvalue weighted by atomic mass is 16.5. The number of rotatable bonds is 5. The molecule has 0 spiro atoms. The first-order chi connectivity index (χ1) is 16.5. The molecule has 2 aliphatic carbocycles. The van der Waals surface area contributed by atoms with E-state index < -0.39 is 5.92 Å². The average Bonchev–Trinajstić information content (AvgIpc) is 3.36. The summed E-state index contributed by atoms with van der Waals surface area (Å²) < 4.78 is 11.2. The minimum absolute atomic E-state index is 0.0391. The van der Waals surface area contributed by atoms with Gasteiger partial charge in [-0.1, -0.05) is 12.1 Å². The summed E-state index contributed by atoms with van der Waals surface area (Å²) in [6.07, 6.45) is 8.47. The summed E-state index contributed by atoms with van der Waals surface area (Å²) >= 11 is 0. The second-order valence-electron chi connectivity index (χ2n) is 9.38. The molecule has 2 aromatic rings. The number of pyridine rings is 1. The standard InChI is InChI=1S/C28H30N2O4/c1-17-25(28(32)34-22-5-3-4-6-22)26(19-11-13-29-14-12-19)27-23(30-17)15-20(16-24(27)31)18-7-9-21(33-2)10-8-18/h7-14,20,22,26,30H,3-6,15-16H2,1-2H3/t20-,26-/m0/s1. The second-order valence-corrected chi connectivity index (χ2v) is 9.38. The van der Waals surface area contributed by atoms with Gasteiger partial charge in [-0.15, -0.1) is 0 Å². The van der Waals surface area contributed by atoms with Crippen molar-refractivity contribution in [1.29, 1.82) is 0 Å². The van der Waals surface area contributed by atoms with Crippen molar-refractivity contribution >= 4 is 11.8 Å². The number of benzene rings is 1. The highest BCUT2D eigenvalue weighted by molar-refractivity contribution is 6.04. The summed E-state index contributed by atoms with van der Waals surface area (Å²) in [6.45, 7) is 1.91. The van der Waals surface area contributed by atoms with Gasteiger partial charge in [0.2, 0.25) is 0 Å². The second kappa shape index (κ2) is 9.45. The molecular weight excluding hydrogens is 428 g/mol. The van der Waals surface area contributed by atoms with Gasteiger partial charge in [0, 0.05) is 41.7 Å². The lowest BCUT2D eigenvalue weighted by atomic mass is 9.72. The largest absolute Gasteiger partial charge is 0.497 e. The quantitative estimate of drug-likeness (QED) is 0.640. The number of hydrogen-bond acceptors (Lipinski definition) is 6. The fraction of sp³-hybridized carbons (Fsp3) is 0.393. The third kappa shape index (κ3) is 4.25. The van der Waals surface area contributed by atoms with Crippen LogP contribution in [0.4, 0.5) is 0 Å². The molecule has 6 heteroatoms. The van der Waals surface area contributed by atoms with Gasteiger partial charge in [0.05, 0.1) is 12.7 Å². The van der Waals surface area contributed by atoms with E-state index in [1.54, 1.807) is 19.5 Å². The lowest BCUT2D eigenvalue weighted by Crippen LogP contribution is -2.36. The van der Waals surface area contributed by atoms with Crippen LogP contribution >= 0.6 is 0 Å². The molecule has 2 atom stereocenters. The van der Waals surface area contributed by atoms with Gasteiger partial charge in [-0.2, -0.15) is 0 Å². The maximum absolute atomic E-state index is 13.6. The molecule has 6 nitrogen and oxygen atoms in total. The molecule has 3 aliphatic rings. The van der Waals surface area contributed by atoms with Crippen LogP contribution in [0.3, 0.4) is 0 Å². The summed E-state index contributed by atoms with van der Waals surface area (Å²) in [5.41, 5.74) is 4.86. The molecule has 2 heterocycles. The number of dihydropyridines is 1. The fourth-order valence-electron chi connectivity index (χ4n) is 5.53. The Hall–Kier alpha value is -3.41. The molecule has 1 saturated carbocycles. The van der Waals surface area contributed by atoms with E-state index in [0.29, 0.717) is 24.0 Å². The van der Waals surface area contributed by atoms with E-state index in [4.69, 9.17) is 9.47 Å². The Bertz CT molecular complexity index is 1140. The van der Waals surface area contributed by atoms with Crippen molar-refractivity contribution in [2.75, 3.05) is 7.11 Å². The molecule has 0 radical (unpaired) electrons. The van der Waals surface area contributed by atoms with Gasteiger partial charge in [0.15, 0.2) is 5.78 Å². The minimum atomic E-state index is -0.447. The summed E-state index contributed by atoms with van der Waals surface area (Å²) in [5, 5.41) is 3.42. The Morgan fingerprint density at radius 3 is 2.38 bits per heavy atom. The minimum Gasteiger partial charge on any atom is -0.497 e. The molecule has 0 amide bonds. The van der Waals surface area contributed by atoms with Crippen LogP contribution in [0.15, 0.2) is 71.3 Å². The van der Waals surface area contributed by atoms with Crippen LogP contribution in [0, 0.1) is 0 Å². The lowest BCUT2D eigenvalue weighted by Gasteiger charge is -2.37. The number of aromatic nitrogens is 1. The number of hydrogen-bond donors (Lipinski definition) is 1. The molecule has 0 unspecified atom stereocenters. The number of methoxy groups -OCH3 is 1. The van der Waals surface area contributed by atoms with Gasteiger partial charge in [-0.05, 0) is 80.3 Å². The van der Waals surface area contributed by atoms with Crippen molar-refractivity contribution in [3.63, 3.8) is 0 Å². The Morgan fingerprint density at radius 1 is 1.00 bits per heavy atom. The van der Waals surface area contributed by atoms with Crippen LogP contribution in [-0.2, 0) is 14.3 Å². The van der Waals surface area contributed by atoms with Crippen molar-refractivity contribution in [2.45, 2.75) is 63.4 Å². The smallest absolute Gasteiger partial charge is 0.337 e. The SMILES string of the molecule is COc1ccc([C@@H]2CC(=O)C3=C(C2)NC(C)=C(C(=O)OC2CCCC2)[C@@H]3c2ccncc2)cc1. The third-order valence-electron chi connectivity index (χ3n) is 7.25. The van der Waals surface area contributed by atoms with Gasteiger partial charge in [-0.3, -0.25) is 9.78 Å². The monoisotopic (exact) mass is 458 g/mol. The van der Waals surface area contributed by atoms with Crippen molar-refractivity contribution in [2.24, 2.45) is 0 Å². The van der Waals surface area contributed by atoms with E-state index in [0.717, 1.165) is 54.0 Å². The van der Waals surface area contributed by atoms with E-state index in [9.17, 15) is 9.59 Å². The molecule has 0 saturated heterocycles. The predicted molar refractivity (Wildman–Crippen MR) is 128 cm³/mol. The number of nitrogens with zero attached hydrogens (tertiary/aromatic N) is 1. The zero-order chi connectivity index (χ0) is 23.7. The fourth-order valence-corrected chi connectivity index (χ4v) is 5.53. The highest BCUT2D eigenvalue weighted by Gasteiger charge is 2.42. The number of esters is 1. The van der Waals surface area contributed by atoms with E-state index in [2.05, 4.69) is 10.3 Å². The molecule has 1 aromatic carbocycles. The van der Waals surface area contributed by atoms with Gasteiger partial charge >= 0.3 is 5.97 Å². The maximum Gasteiger partial charge on any atom is 0.337 e. The van der Waals surface area contributed by atoms with Crippen molar-refractivity contribution in [3.05, 3.63) is 82.5 Å². The summed E-state index contributed by atoms with van der Waals surface area (Å²) in [4.78, 5) is 31.2. The van der Waals surface area contributed by atoms with E-state index in [1.165, 1.54) is 0 Å². The van der Waals surface area contributed by atoms with Crippen molar-refractivity contribution in [3.8, 4) is 5.75 Å². The topological polar surface area (TPSA) is 77.5 Å². The van der Waals surface area contributed by atoms with Gasteiger partial charge < -0.3 is 14.8 Å². The van der Waals surface area contributed by atoms with Crippen molar-refractivity contribution in [1.82, 2.24) is 10.3 Å². The van der Waals surface area contributed by atoms with E-state index >= 15 is 0 Å². The summed E-state index contributed by atoms with van der Waals surface area (Å²) in [5.74, 6) is 0.161. The predicted octanol–water partition coefficient (Wildman–Crippen LogP) is 4.94. The molecule has 34 heavy (non-hydrogen) atoms.